The van der Waals surface area contributed by atoms with Gasteiger partial charge in [-0.2, -0.15) is 0 Å². The highest BCUT2D eigenvalue weighted by atomic mass is 16.3. The minimum atomic E-state index is 0.0678. The van der Waals surface area contributed by atoms with Crippen molar-refractivity contribution in [1.82, 2.24) is 10.6 Å². The van der Waals surface area contributed by atoms with Crippen LogP contribution in [0, 0.1) is 5.92 Å². The van der Waals surface area contributed by atoms with Gasteiger partial charge in [0.15, 0.2) is 0 Å². The largest absolute Gasteiger partial charge is 0.394 e. The van der Waals surface area contributed by atoms with E-state index in [-0.39, 0.29) is 12.6 Å². The molecule has 1 saturated heterocycles. The van der Waals surface area contributed by atoms with Crippen molar-refractivity contribution in [2.45, 2.75) is 56.7 Å². The minimum absolute atomic E-state index is 0.0678. The highest BCUT2D eigenvalue weighted by molar-refractivity contribution is 5.19. The maximum atomic E-state index is 9.78. The molecule has 0 aromatic heterocycles. The van der Waals surface area contributed by atoms with Crippen molar-refractivity contribution in [3.63, 3.8) is 0 Å². The predicted molar refractivity (Wildman–Crippen MR) is 86.2 cm³/mol. The van der Waals surface area contributed by atoms with Gasteiger partial charge in [0, 0.05) is 12.1 Å². The van der Waals surface area contributed by atoms with Crippen LogP contribution in [-0.2, 0) is 0 Å². The third-order valence-corrected chi connectivity index (χ3v) is 5.23. The molecule has 0 spiro atoms. The molecule has 2 aliphatic rings. The molecule has 1 aromatic carbocycles. The Bertz CT molecular complexity index is 416. The Morgan fingerprint density at radius 3 is 2.62 bits per heavy atom. The molecule has 4 atom stereocenters. The molecular weight excluding hydrogens is 260 g/mol. The highest BCUT2D eigenvalue weighted by Crippen LogP contribution is 2.32. The first-order valence-electron chi connectivity index (χ1n) is 8.53. The molecule has 1 aliphatic heterocycles. The smallest absolute Gasteiger partial charge is 0.0626 e. The Labute approximate surface area is 128 Å². The summed E-state index contributed by atoms with van der Waals surface area (Å²) < 4.78 is 0. The highest BCUT2D eigenvalue weighted by Gasteiger charge is 2.34. The van der Waals surface area contributed by atoms with Crippen molar-refractivity contribution in [1.29, 1.82) is 0 Å². The van der Waals surface area contributed by atoms with Crippen LogP contribution in [0.5, 0.6) is 0 Å². The standard InChI is InChI=1S/C18H28N2O/c21-13-18(14-7-2-1-3-8-14)20-17-10-5-4-9-15(17)16-11-6-12-19-16/h1-3,7-8,15-21H,4-6,9-13H2/t15?,16?,17?,18-/m1/s1. The third-order valence-electron chi connectivity index (χ3n) is 5.23. The molecule has 1 saturated carbocycles. The molecule has 0 radical (unpaired) electrons. The van der Waals surface area contributed by atoms with E-state index in [4.69, 9.17) is 0 Å². The number of hydrogen-bond acceptors (Lipinski definition) is 3. The fourth-order valence-corrected chi connectivity index (χ4v) is 4.12. The van der Waals surface area contributed by atoms with Gasteiger partial charge < -0.3 is 15.7 Å². The lowest BCUT2D eigenvalue weighted by Crippen LogP contribution is -2.48. The maximum Gasteiger partial charge on any atom is 0.0626 e. The Kier molecular flexibility index (Phi) is 5.28. The van der Waals surface area contributed by atoms with E-state index in [1.165, 1.54) is 50.6 Å². The normalized spacial score (nSPS) is 31.2. The molecule has 3 heteroatoms. The zero-order valence-electron chi connectivity index (χ0n) is 12.8. The predicted octanol–water partition coefficient (Wildman–Crippen LogP) is 2.62. The van der Waals surface area contributed by atoms with Crippen LogP contribution in [0.4, 0.5) is 0 Å². The first-order chi connectivity index (χ1) is 10.4. The monoisotopic (exact) mass is 288 g/mol. The molecule has 1 aromatic rings. The van der Waals surface area contributed by atoms with E-state index in [0.717, 1.165) is 5.92 Å². The van der Waals surface area contributed by atoms with Crippen LogP contribution in [0.1, 0.15) is 50.1 Å². The lowest BCUT2D eigenvalue weighted by atomic mass is 9.78. The van der Waals surface area contributed by atoms with Gasteiger partial charge in [-0.25, -0.2) is 0 Å². The van der Waals surface area contributed by atoms with Crippen LogP contribution < -0.4 is 10.6 Å². The number of benzene rings is 1. The van der Waals surface area contributed by atoms with E-state index in [2.05, 4.69) is 34.9 Å². The van der Waals surface area contributed by atoms with E-state index in [0.29, 0.717) is 12.1 Å². The molecule has 116 valence electrons. The molecule has 1 heterocycles. The first kappa shape index (κ1) is 15.0. The van der Waals surface area contributed by atoms with Gasteiger partial charge in [-0.1, -0.05) is 43.2 Å². The Hall–Kier alpha value is -0.900. The van der Waals surface area contributed by atoms with Crippen LogP contribution in [0.2, 0.25) is 0 Å². The molecule has 3 rings (SSSR count). The molecule has 1 aliphatic carbocycles. The van der Waals surface area contributed by atoms with Gasteiger partial charge in [-0.15, -0.1) is 0 Å². The van der Waals surface area contributed by atoms with Crippen LogP contribution in [0.25, 0.3) is 0 Å². The van der Waals surface area contributed by atoms with Crippen LogP contribution in [0.15, 0.2) is 30.3 Å². The number of rotatable bonds is 5. The van der Waals surface area contributed by atoms with Gasteiger partial charge in [-0.05, 0) is 43.7 Å². The summed E-state index contributed by atoms with van der Waals surface area (Å²) in [6.45, 7) is 1.35. The van der Waals surface area contributed by atoms with E-state index < -0.39 is 0 Å². The van der Waals surface area contributed by atoms with Gasteiger partial charge in [0.2, 0.25) is 0 Å². The van der Waals surface area contributed by atoms with Crippen molar-refractivity contribution in [3.8, 4) is 0 Å². The lowest BCUT2D eigenvalue weighted by molar-refractivity contribution is 0.169. The Morgan fingerprint density at radius 1 is 1.10 bits per heavy atom. The summed E-state index contributed by atoms with van der Waals surface area (Å²) in [5.74, 6) is 0.721. The van der Waals surface area contributed by atoms with E-state index in [1.54, 1.807) is 0 Å². The quantitative estimate of drug-likeness (QED) is 0.780. The summed E-state index contributed by atoms with van der Waals surface area (Å²) in [7, 11) is 0. The van der Waals surface area contributed by atoms with Crippen LogP contribution in [0.3, 0.4) is 0 Å². The van der Waals surface area contributed by atoms with Crippen molar-refractivity contribution in [2.24, 2.45) is 5.92 Å². The second-order valence-electron chi connectivity index (χ2n) is 6.57. The minimum Gasteiger partial charge on any atom is -0.394 e. The molecule has 0 bridgehead atoms. The van der Waals surface area contributed by atoms with Gasteiger partial charge >= 0.3 is 0 Å². The number of nitrogens with one attached hydrogen (secondary N) is 2. The molecule has 3 nitrogen and oxygen atoms in total. The van der Waals surface area contributed by atoms with Gasteiger partial charge in [0.25, 0.3) is 0 Å². The topological polar surface area (TPSA) is 44.3 Å². The Balaban J connectivity index is 1.68. The molecule has 3 unspecified atom stereocenters. The van der Waals surface area contributed by atoms with Gasteiger partial charge in [-0.3, -0.25) is 0 Å². The third kappa shape index (κ3) is 3.65. The van der Waals surface area contributed by atoms with Crippen LogP contribution in [-0.4, -0.2) is 30.3 Å². The molecule has 3 N–H and O–H groups in total. The van der Waals surface area contributed by atoms with Crippen molar-refractivity contribution < 1.29 is 5.11 Å². The summed E-state index contributed by atoms with van der Waals surface area (Å²) in [5.41, 5.74) is 1.20. The van der Waals surface area contributed by atoms with Crippen molar-refractivity contribution >= 4 is 0 Å². The molecule has 2 fully saturated rings. The summed E-state index contributed by atoms with van der Waals surface area (Å²) in [5, 5.41) is 17.2. The van der Waals surface area contributed by atoms with Crippen molar-refractivity contribution in [3.05, 3.63) is 35.9 Å². The lowest BCUT2D eigenvalue weighted by Gasteiger charge is -2.38. The maximum absolute atomic E-state index is 9.78. The van der Waals surface area contributed by atoms with Gasteiger partial charge in [0.1, 0.15) is 0 Å². The number of aliphatic hydroxyl groups is 1. The van der Waals surface area contributed by atoms with E-state index in [9.17, 15) is 5.11 Å². The van der Waals surface area contributed by atoms with Crippen molar-refractivity contribution in [2.75, 3.05) is 13.2 Å². The zero-order valence-corrected chi connectivity index (χ0v) is 12.8. The molecular formula is C18H28N2O. The summed E-state index contributed by atoms with van der Waals surface area (Å²) in [6, 6.07) is 11.6. The molecule has 21 heavy (non-hydrogen) atoms. The van der Waals surface area contributed by atoms with Crippen LogP contribution >= 0.6 is 0 Å². The zero-order chi connectivity index (χ0) is 14.5. The Morgan fingerprint density at radius 2 is 1.90 bits per heavy atom. The molecule has 0 amide bonds. The SMILES string of the molecule is OC[C@@H](NC1CCCCC1C1CCCN1)c1ccccc1. The van der Waals surface area contributed by atoms with Gasteiger partial charge in [0.05, 0.1) is 12.6 Å². The average Bonchev–Trinajstić information content (AvgIpc) is 3.08. The summed E-state index contributed by atoms with van der Waals surface area (Å²) in [6.07, 6.45) is 7.87. The second kappa shape index (κ2) is 7.39. The number of hydrogen-bond donors (Lipinski definition) is 3. The average molecular weight is 288 g/mol. The number of aliphatic hydroxyl groups excluding tert-OH is 1. The fourth-order valence-electron chi connectivity index (χ4n) is 4.12. The van der Waals surface area contributed by atoms with E-state index in [1.807, 2.05) is 6.07 Å². The first-order valence-corrected chi connectivity index (χ1v) is 8.53. The second-order valence-corrected chi connectivity index (χ2v) is 6.57. The summed E-state index contributed by atoms with van der Waals surface area (Å²) >= 11 is 0. The summed E-state index contributed by atoms with van der Waals surface area (Å²) in [4.78, 5) is 0. The fraction of sp³-hybridized carbons (Fsp3) is 0.667. The van der Waals surface area contributed by atoms with E-state index >= 15 is 0 Å².